The highest BCUT2D eigenvalue weighted by Gasteiger charge is 2.36. The Morgan fingerprint density at radius 2 is 2.42 bits per heavy atom. The molecule has 0 saturated heterocycles. The molecule has 1 aliphatic carbocycles. The largest absolute Gasteiger partial charge is 0.392 e. The van der Waals surface area contributed by atoms with Crippen LogP contribution in [-0.2, 0) is 4.74 Å². The Morgan fingerprint density at radius 3 is 2.83 bits per heavy atom. The van der Waals surface area contributed by atoms with Gasteiger partial charge in [0.2, 0.25) is 0 Å². The summed E-state index contributed by atoms with van der Waals surface area (Å²) in [5.41, 5.74) is 1.03. The second kappa shape index (κ2) is 3.58. The van der Waals surface area contributed by atoms with Crippen molar-refractivity contribution in [3.8, 4) is 0 Å². The average molecular weight is 170 g/mol. The van der Waals surface area contributed by atoms with Crippen molar-refractivity contribution in [2.45, 2.75) is 32.8 Å². The molecule has 0 bridgehead atoms. The van der Waals surface area contributed by atoms with Gasteiger partial charge in [0.05, 0.1) is 12.2 Å². The molecule has 0 spiro atoms. The molecule has 0 aromatic heterocycles. The minimum atomic E-state index is -0.0766. The zero-order valence-electron chi connectivity index (χ0n) is 8.13. The molecule has 1 aliphatic rings. The van der Waals surface area contributed by atoms with Gasteiger partial charge in [-0.15, -0.1) is 0 Å². The fourth-order valence-electron chi connectivity index (χ4n) is 1.82. The van der Waals surface area contributed by atoms with E-state index in [0.29, 0.717) is 5.92 Å². The van der Waals surface area contributed by atoms with Gasteiger partial charge in [-0.2, -0.15) is 0 Å². The Bertz CT molecular complexity index is 186. The molecular weight excluding hydrogens is 152 g/mol. The van der Waals surface area contributed by atoms with Crippen LogP contribution in [-0.4, -0.2) is 23.9 Å². The lowest BCUT2D eigenvalue weighted by atomic mass is 9.93. The van der Waals surface area contributed by atoms with Crippen LogP contribution < -0.4 is 0 Å². The van der Waals surface area contributed by atoms with Crippen molar-refractivity contribution >= 4 is 0 Å². The lowest BCUT2D eigenvalue weighted by Crippen LogP contribution is -2.32. The van der Waals surface area contributed by atoms with Crippen LogP contribution in [0.4, 0.5) is 0 Å². The highest BCUT2D eigenvalue weighted by atomic mass is 16.5. The van der Waals surface area contributed by atoms with Gasteiger partial charge in [0.15, 0.2) is 0 Å². The Hall–Kier alpha value is -0.340. The van der Waals surface area contributed by atoms with E-state index in [-0.39, 0.29) is 12.2 Å². The summed E-state index contributed by atoms with van der Waals surface area (Å²) in [6.45, 7) is 7.17. The number of rotatable bonds is 3. The molecule has 0 heterocycles. The van der Waals surface area contributed by atoms with Crippen molar-refractivity contribution in [1.82, 2.24) is 0 Å². The van der Waals surface area contributed by atoms with Crippen molar-refractivity contribution < 1.29 is 9.84 Å². The third-order valence-corrected chi connectivity index (χ3v) is 2.70. The molecule has 12 heavy (non-hydrogen) atoms. The molecule has 2 heteroatoms. The minimum absolute atomic E-state index is 0.0766. The fourth-order valence-corrected chi connectivity index (χ4v) is 1.82. The SMILES string of the molecule is CCO[C@]1(C)CC(CO)=C[C@H]1C. The molecule has 0 saturated carbocycles. The number of hydrogen-bond donors (Lipinski definition) is 1. The van der Waals surface area contributed by atoms with Gasteiger partial charge in [-0.1, -0.05) is 13.0 Å². The van der Waals surface area contributed by atoms with E-state index >= 15 is 0 Å². The lowest BCUT2D eigenvalue weighted by molar-refractivity contribution is -0.0429. The van der Waals surface area contributed by atoms with Crippen molar-refractivity contribution in [3.05, 3.63) is 11.6 Å². The van der Waals surface area contributed by atoms with Gasteiger partial charge in [0.1, 0.15) is 0 Å². The van der Waals surface area contributed by atoms with Gasteiger partial charge >= 0.3 is 0 Å². The van der Waals surface area contributed by atoms with Crippen LogP contribution >= 0.6 is 0 Å². The van der Waals surface area contributed by atoms with Crippen molar-refractivity contribution in [2.75, 3.05) is 13.2 Å². The van der Waals surface area contributed by atoms with E-state index in [1.165, 1.54) is 0 Å². The Morgan fingerprint density at radius 1 is 1.75 bits per heavy atom. The summed E-state index contributed by atoms with van der Waals surface area (Å²) in [5.74, 6) is 0.416. The molecule has 2 atom stereocenters. The van der Waals surface area contributed by atoms with Crippen LogP contribution in [0.25, 0.3) is 0 Å². The van der Waals surface area contributed by atoms with Crippen LogP contribution in [0.5, 0.6) is 0 Å². The van der Waals surface area contributed by atoms with Crippen LogP contribution in [0.15, 0.2) is 11.6 Å². The number of hydrogen-bond acceptors (Lipinski definition) is 2. The first kappa shape index (κ1) is 9.75. The zero-order chi connectivity index (χ0) is 9.19. The highest BCUT2D eigenvalue weighted by molar-refractivity contribution is 5.18. The van der Waals surface area contributed by atoms with Crippen molar-refractivity contribution in [2.24, 2.45) is 5.92 Å². The molecule has 0 aliphatic heterocycles. The van der Waals surface area contributed by atoms with E-state index in [9.17, 15) is 0 Å². The summed E-state index contributed by atoms with van der Waals surface area (Å²) in [4.78, 5) is 0. The van der Waals surface area contributed by atoms with E-state index in [4.69, 9.17) is 9.84 Å². The third kappa shape index (κ3) is 1.70. The van der Waals surface area contributed by atoms with E-state index in [0.717, 1.165) is 18.6 Å². The van der Waals surface area contributed by atoms with Crippen LogP contribution in [0.3, 0.4) is 0 Å². The summed E-state index contributed by atoms with van der Waals surface area (Å²) in [7, 11) is 0. The quantitative estimate of drug-likeness (QED) is 0.654. The summed E-state index contributed by atoms with van der Waals surface area (Å²) >= 11 is 0. The normalized spacial score (nSPS) is 35.3. The molecule has 2 nitrogen and oxygen atoms in total. The molecule has 0 amide bonds. The van der Waals surface area contributed by atoms with Crippen molar-refractivity contribution in [1.29, 1.82) is 0 Å². The van der Waals surface area contributed by atoms with Gasteiger partial charge in [0, 0.05) is 12.5 Å². The number of aliphatic hydroxyl groups excluding tert-OH is 1. The Kier molecular flexibility index (Phi) is 2.91. The van der Waals surface area contributed by atoms with Crippen LogP contribution in [0, 0.1) is 5.92 Å². The lowest BCUT2D eigenvalue weighted by Gasteiger charge is -2.29. The first-order valence-electron chi connectivity index (χ1n) is 4.56. The maximum Gasteiger partial charge on any atom is 0.0751 e. The first-order chi connectivity index (χ1) is 5.62. The van der Waals surface area contributed by atoms with E-state index in [1.54, 1.807) is 0 Å². The molecule has 0 aromatic carbocycles. The van der Waals surface area contributed by atoms with E-state index in [1.807, 2.05) is 6.92 Å². The van der Waals surface area contributed by atoms with Crippen molar-refractivity contribution in [3.63, 3.8) is 0 Å². The summed E-state index contributed by atoms with van der Waals surface area (Å²) in [6, 6.07) is 0. The maximum absolute atomic E-state index is 8.96. The topological polar surface area (TPSA) is 29.5 Å². The summed E-state index contributed by atoms with van der Waals surface area (Å²) < 4.78 is 5.67. The molecule has 70 valence electrons. The monoisotopic (exact) mass is 170 g/mol. The van der Waals surface area contributed by atoms with Crippen LogP contribution in [0.1, 0.15) is 27.2 Å². The maximum atomic E-state index is 8.96. The molecule has 0 aromatic rings. The molecular formula is C10H18O2. The zero-order valence-corrected chi connectivity index (χ0v) is 8.13. The van der Waals surface area contributed by atoms with Gasteiger partial charge in [0.25, 0.3) is 0 Å². The molecule has 0 radical (unpaired) electrons. The van der Waals surface area contributed by atoms with Gasteiger partial charge < -0.3 is 9.84 Å². The van der Waals surface area contributed by atoms with E-state index < -0.39 is 0 Å². The van der Waals surface area contributed by atoms with Gasteiger partial charge in [-0.05, 0) is 25.8 Å². The third-order valence-electron chi connectivity index (χ3n) is 2.70. The fraction of sp³-hybridized carbons (Fsp3) is 0.800. The molecule has 1 rings (SSSR count). The van der Waals surface area contributed by atoms with Gasteiger partial charge in [-0.3, -0.25) is 0 Å². The van der Waals surface area contributed by atoms with E-state index in [2.05, 4.69) is 19.9 Å². The Labute approximate surface area is 74.2 Å². The summed E-state index contributed by atoms with van der Waals surface area (Å²) in [5, 5.41) is 8.96. The number of ether oxygens (including phenoxy) is 1. The second-order valence-electron chi connectivity index (χ2n) is 3.69. The first-order valence-corrected chi connectivity index (χ1v) is 4.56. The second-order valence-corrected chi connectivity index (χ2v) is 3.69. The molecule has 0 unspecified atom stereocenters. The predicted octanol–water partition coefficient (Wildman–Crippen LogP) is 1.74. The molecule has 0 fully saturated rings. The standard InChI is InChI=1S/C10H18O2/c1-4-12-10(3)6-9(7-11)5-8(10)2/h5,8,11H,4,6-7H2,1-3H3/t8-,10-/m1/s1. The predicted molar refractivity (Wildman–Crippen MR) is 49.0 cm³/mol. The average Bonchev–Trinajstić information content (AvgIpc) is 2.29. The smallest absolute Gasteiger partial charge is 0.0751 e. The number of aliphatic hydroxyl groups is 1. The highest BCUT2D eigenvalue weighted by Crippen LogP contribution is 2.36. The van der Waals surface area contributed by atoms with Crippen LogP contribution in [0.2, 0.25) is 0 Å². The summed E-state index contributed by atoms with van der Waals surface area (Å²) in [6.07, 6.45) is 2.99. The molecule has 1 N–H and O–H groups in total. The van der Waals surface area contributed by atoms with Gasteiger partial charge in [-0.25, -0.2) is 0 Å². The Balaban J connectivity index is 2.62. The minimum Gasteiger partial charge on any atom is -0.392 e.